The highest BCUT2D eigenvalue weighted by Crippen LogP contribution is 2.29. The van der Waals surface area contributed by atoms with Crippen molar-refractivity contribution in [1.82, 2.24) is 0 Å². The zero-order valence-corrected chi connectivity index (χ0v) is 26.0. The van der Waals surface area contributed by atoms with Crippen molar-refractivity contribution in [3.63, 3.8) is 0 Å². The van der Waals surface area contributed by atoms with Crippen LogP contribution in [0.3, 0.4) is 0 Å². The summed E-state index contributed by atoms with van der Waals surface area (Å²) in [5, 5.41) is 27.3. The van der Waals surface area contributed by atoms with Crippen LogP contribution in [0.15, 0.2) is 0 Å². The molecule has 0 aliphatic heterocycles. The SMILES string of the molecule is C.C.C.C.CC(C)C1CCCCC1O.CCC.CCC(C)C.CCC(CO)C(C)C.CCC(O)CC(C)C. The summed E-state index contributed by atoms with van der Waals surface area (Å²) in [5.74, 6) is 3.89. The molecular weight excluding hydrogens is 468 g/mol. The normalized spacial score (nSPS) is 17.1. The minimum atomic E-state index is -0.0741. The van der Waals surface area contributed by atoms with E-state index in [2.05, 4.69) is 83.1 Å². The van der Waals surface area contributed by atoms with Crippen molar-refractivity contribution in [3.05, 3.63) is 0 Å². The van der Waals surface area contributed by atoms with E-state index in [1.807, 2.05) is 6.92 Å². The molecule has 0 radical (unpaired) electrons. The highest BCUT2D eigenvalue weighted by atomic mass is 16.3. The highest BCUT2D eigenvalue weighted by Gasteiger charge is 2.25. The van der Waals surface area contributed by atoms with E-state index in [1.165, 1.54) is 32.1 Å². The minimum absolute atomic E-state index is 0. The van der Waals surface area contributed by atoms with Crippen LogP contribution in [0.1, 0.15) is 178 Å². The highest BCUT2D eigenvalue weighted by molar-refractivity contribution is 4.76. The van der Waals surface area contributed by atoms with Crippen LogP contribution in [0.25, 0.3) is 0 Å². The van der Waals surface area contributed by atoms with E-state index in [0.717, 1.165) is 31.6 Å². The maximum Gasteiger partial charge on any atom is 0.0570 e. The molecule has 0 heterocycles. The van der Waals surface area contributed by atoms with Crippen molar-refractivity contribution in [1.29, 1.82) is 0 Å². The summed E-state index contributed by atoms with van der Waals surface area (Å²) >= 11 is 0. The zero-order valence-electron chi connectivity index (χ0n) is 26.0. The lowest BCUT2D eigenvalue weighted by Gasteiger charge is -2.30. The summed E-state index contributed by atoms with van der Waals surface area (Å²) in [5.41, 5.74) is 0. The molecule has 0 aromatic heterocycles. The van der Waals surface area contributed by atoms with Gasteiger partial charge in [0.15, 0.2) is 0 Å². The lowest BCUT2D eigenvalue weighted by atomic mass is 9.79. The third-order valence-corrected chi connectivity index (χ3v) is 6.37. The minimum Gasteiger partial charge on any atom is -0.396 e. The van der Waals surface area contributed by atoms with E-state index >= 15 is 0 Å². The first-order valence-corrected chi connectivity index (χ1v) is 14.8. The van der Waals surface area contributed by atoms with Crippen molar-refractivity contribution in [2.24, 2.45) is 35.5 Å². The van der Waals surface area contributed by atoms with E-state index in [1.54, 1.807) is 0 Å². The molecule has 1 rings (SSSR count). The Bertz CT molecular complexity index is 349. The molecule has 244 valence electrons. The van der Waals surface area contributed by atoms with E-state index in [9.17, 15) is 5.11 Å². The Labute approximate surface area is 247 Å². The number of aliphatic hydroxyl groups excluding tert-OH is 3. The Morgan fingerprint density at radius 1 is 0.658 bits per heavy atom. The number of rotatable bonds is 8. The van der Waals surface area contributed by atoms with E-state index in [-0.39, 0.29) is 41.9 Å². The van der Waals surface area contributed by atoms with Crippen molar-refractivity contribution in [3.8, 4) is 0 Å². The molecule has 4 unspecified atom stereocenters. The molecule has 0 saturated heterocycles. The number of aliphatic hydroxyl groups is 3. The smallest absolute Gasteiger partial charge is 0.0570 e. The van der Waals surface area contributed by atoms with Crippen LogP contribution in [0.5, 0.6) is 0 Å². The van der Waals surface area contributed by atoms with E-state index in [4.69, 9.17) is 10.2 Å². The van der Waals surface area contributed by atoms with Gasteiger partial charge in [0.2, 0.25) is 0 Å². The van der Waals surface area contributed by atoms with Crippen LogP contribution >= 0.6 is 0 Å². The van der Waals surface area contributed by atoms with Crippen molar-refractivity contribution >= 4 is 0 Å². The third-order valence-electron chi connectivity index (χ3n) is 6.37. The molecule has 0 amide bonds. The first-order chi connectivity index (χ1) is 15.8. The van der Waals surface area contributed by atoms with Gasteiger partial charge < -0.3 is 15.3 Å². The molecule has 4 atom stereocenters. The fourth-order valence-corrected chi connectivity index (χ4v) is 3.44. The molecule has 1 fully saturated rings. The van der Waals surface area contributed by atoms with Crippen LogP contribution < -0.4 is 0 Å². The van der Waals surface area contributed by atoms with Crippen molar-refractivity contribution < 1.29 is 15.3 Å². The van der Waals surface area contributed by atoms with Crippen LogP contribution in [0.2, 0.25) is 0 Å². The van der Waals surface area contributed by atoms with Gasteiger partial charge in [0.25, 0.3) is 0 Å². The molecule has 1 aliphatic carbocycles. The maximum atomic E-state index is 9.54. The van der Waals surface area contributed by atoms with Gasteiger partial charge in [-0.1, -0.05) is 152 Å². The predicted molar refractivity (Wildman–Crippen MR) is 182 cm³/mol. The molecule has 0 spiro atoms. The Kier molecular flexibility index (Phi) is 62.8. The summed E-state index contributed by atoms with van der Waals surface area (Å²) in [7, 11) is 0. The van der Waals surface area contributed by atoms with Gasteiger partial charge in [-0.05, 0) is 61.2 Å². The Morgan fingerprint density at radius 3 is 1.18 bits per heavy atom. The molecule has 0 aromatic carbocycles. The van der Waals surface area contributed by atoms with Gasteiger partial charge in [0.1, 0.15) is 0 Å². The van der Waals surface area contributed by atoms with Crippen LogP contribution in [-0.2, 0) is 0 Å². The Balaban J connectivity index is -0.0000000501. The molecule has 1 aliphatic rings. The quantitative estimate of drug-likeness (QED) is 0.279. The van der Waals surface area contributed by atoms with Gasteiger partial charge >= 0.3 is 0 Å². The standard InChI is InChI=1S/C9H18O.2C7H16O.C5H12.C3H8.4CH4/c1-7(2)8-5-3-4-6-9(8)10;1-4-7(5-8)6(2)3;1-4-7(8)5-6(2)3;1-4-5(2)3;1-3-2;;;;/h7-10H,3-6H2,1-2H3;2*6-8H,4-5H2,1-3H3;5H,4H2,1-3H3;3H2,1-2H3;4*1H4. The lowest BCUT2D eigenvalue weighted by Crippen LogP contribution is -2.28. The van der Waals surface area contributed by atoms with Gasteiger partial charge in [-0.25, -0.2) is 0 Å². The second-order valence-corrected chi connectivity index (χ2v) is 11.6. The largest absolute Gasteiger partial charge is 0.396 e. The average Bonchev–Trinajstić information content (AvgIpc) is 2.76. The topological polar surface area (TPSA) is 60.7 Å². The zero-order chi connectivity index (χ0) is 27.7. The molecule has 3 N–H and O–H groups in total. The fraction of sp³-hybridized carbons (Fsp3) is 1.00. The van der Waals surface area contributed by atoms with Crippen LogP contribution in [0.4, 0.5) is 0 Å². The van der Waals surface area contributed by atoms with E-state index < -0.39 is 0 Å². The third kappa shape index (κ3) is 45.8. The monoisotopic (exact) mass is 555 g/mol. The van der Waals surface area contributed by atoms with Crippen LogP contribution in [-0.4, -0.2) is 34.1 Å². The van der Waals surface area contributed by atoms with Gasteiger partial charge in [-0.15, -0.1) is 0 Å². The number of hydrogen-bond acceptors (Lipinski definition) is 3. The second kappa shape index (κ2) is 41.4. The summed E-state index contributed by atoms with van der Waals surface area (Å²) in [4.78, 5) is 0. The first-order valence-electron chi connectivity index (χ1n) is 14.8. The second-order valence-electron chi connectivity index (χ2n) is 11.6. The van der Waals surface area contributed by atoms with Crippen LogP contribution in [0, 0.1) is 35.5 Å². The molecule has 38 heavy (non-hydrogen) atoms. The molecule has 3 heteroatoms. The summed E-state index contributed by atoms with van der Waals surface area (Å²) in [6.45, 7) is 28.3. The Hall–Kier alpha value is -0.120. The molecule has 3 nitrogen and oxygen atoms in total. The van der Waals surface area contributed by atoms with Gasteiger partial charge in [0.05, 0.1) is 12.2 Å². The predicted octanol–water partition coefficient (Wildman–Crippen LogP) is 11.7. The average molecular weight is 555 g/mol. The summed E-state index contributed by atoms with van der Waals surface area (Å²) in [6.07, 6.45) is 10.2. The molecule has 0 bridgehead atoms. The molecule has 1 saturated carbocycles. The Morgan fingerprint density at radius 2 is 1.05 bits per heavy atom. The summed E-state index contributed by atoms with van der Waals surface area (Å²) < 4.78 is 0. The van der Waals surface area contributed by atoms with Crippen molar-refractivity contribution in [2.75, 3.05) is 6.61 Å². The lowest BCUT2D eigenvalue weighted by molar-refractivity contribution is 0.0456. The summed E-state index contributed by atoms with van der Waals surface area (Å²) in [6, 6.07) is 0. The molecule has 0 aromatic rings. The maximum absolute atomic E-state index is 9.54. The van der Waals surface area contributed by atoms with Gasteiger partial charge in [0, 0.05) is 6.61 Å². The van der Waals surface area contributed by atoms with Gasteiger partial charge in [-0.3, -0.25) is 0 Å². The van der Waals surface area contributed by atoms with E-state index in [0.29, 0.717) is 36.2 Å². The number of hydrogen-bond donors (Lipinski definition) is 3. The first kappa shape index (κ1) is 57.7. The fourth-order valence-electron chi connectivity index (χ4n) is 3.44. The van der Waals surface area contributed by atoms with Crippen molar-refractivity contribution in [2.45, 2.75) is 190 Å². The molecular formula is C35H86O3. The van der Waals surface area contributed by atoms with Gasteiger partial charge in [-0.2, -0.15) is 0 Å².